The zero-order chi connectivity index (χ0) is 16.8. The van der Waals surface area contributed by atoms with Crippen LogP contribution in [-0.2, 0) is 4.79 Å². The maximum Gasteiger partial charge on any atom is 0.250 e. The quantitative estimate of drug-likeness (QED) is 0.641. The number of halogens is 2. The van der Waals surface area contributed by atoms with Crippen LogP contribution in [0.1, 0.15) is 11.1 Å². The monoisotopic (exact) mass is 348 g/mol. The molecule has 0 atom stereocenters. The third-order valence-electron chi connectivity index (χ3n) is 2.96. The molecule has 0 aliphatic heterocycles. The van der Waals surface area contributed by atoms with Crippen LogP contribution < -0.4 is 10.6 Å². The highest BCUT2D eigenvalue weighted by Crippen LogP contribution is 2.19. The molecule has 118 valence electrons. The topological polar surface area (TPSA) is 41.1 Å². The molecule has 0 bridgehead atoms. The van der Waals surface area contributed by atoms with Crippen LogP contribution in [0.15, 0.2) is 48.5 Å². The average molecular weight is 349 g/mol. The number of aryl methyl sites for hydroxylation is 1. The number of carbonyl (C=O) groups excluding carboxylic acids is 1. The lowest BCUT2D eigenvalue weighted by atomic mass is 10.2. The van der Waals surface area contributed by atoms with Crippen LogP contribution in [0.2, 0.25) is 5.02 Å². The molecule has 2 N–H and O–H groups in total. The van der Waals surface area contributed by atoms with Gasteiger partial charge in [0.15, 0.2) is 5.11 Å². The van der Waals surface area contributed by atoms with Crippen LogP contribution >= 0.6 is 23.8 Å². The van der Waals surface area contributed by atoms with Crippen LogP contribution in [0.5, 0.6) is 0 Å². The summed E-state index contributed by atoms with van der Waals surface area (Å²) in [6, 6.07) is 11.2. The van der Waals surface area contributed by atoms with Crippen molar-refractivity contribution in [1.29, 1.82) is 0 Å². The maximum absolute atomic E-state index is 12.8. The number of rotatable bonds is 3. The van der Waals surface area contributed by atoms with E-state index in [4.69, 9.17) is 23.8 Å². The molecule has 0 saturated heterocycles. The van der Waals surface area contributed by atoms with E-state index in [-0.39, 0.29) is 16.8 Å². The van der Waals surface area contributed by atoms with E-state index >= 15 is 0 Å². The molecule has 3 nitrogen and oxygen atoms in total. The van der Waals surface area contributed by atoms with Gasteiger partial charge in [0.25, 0.3) is 0 Å². The van der Waals surface area contributed by atoms with Crippen LogP contribution in [0, 0.1) is 12.7 Å². The molecule has 0 fully saturated rings. The molecule has 1 amide bonds. The highest BCUT2D eigenvalue weighted by atomic mass is 35.5. The Kier molecular flexibility index (Phi) is 5.84. The number of hydrogen-bond acceptors (Lipinski definition) is 2. The predicted molar refractivity (Wildman–Crippen MR) is 96.0 cm³/mol. The number of carbonyl (C=O) groups is 1. The van der Waals surface area contributed by atoms with Gasteiger partial charge in [0.05, 0.1) is 0 Å². The lowest BCUT2D eigenvalue weighted by Crippen LogP contribution is -2.32. The standard InChI is InChI=1S/C17H14ClFN2OS/c1-11-2-8-14(10-15(11)18)20-17(23)21-16(22)9-5-12-3-6-13(19)7-4-12/h2-10H,1H3,(H2,20,21,22,23)/b9-5-. The van der Waals surface area contributed by atoms with E-state index < -0.39 is 0 Å². The van der Waals surface area contributed by atoms with Crippen LogP contribution in [0.3, 0.4) is 0 Å². The van der Waals surface area contributed by atoms with Gasteiger partial charge in [0, 0.05) is 16.8 Å². The molecule has 2 aromatic carbocycles. The van der Waals surface area contributed by atoms with Gasteiger partial charge in [-0.2, -0.15) is 0 Å². The van der Waals surface area contributed by atoms with E-state index in [1.54, 1.807) is 24.3 Å². The lowest BCUT2D eigenvalue weighted by Gasteiger charge is -2.09. The third-order valence-corrected chi connectivity index (χ3v) is 3.57. The highest BCUT2D eigenvalue weighted by molar-refractivity contribution is 7.80. The van der Waals surface area contributed by atoms with Gasteiger partial charge in [-0.05, 0) is 60.6 Å². The van der Waals surface area contributed by atoms with Gasteiger partial charge < -0.3 is 5.32 Å². The number of amides is 1. The number of nitrogens with one attached hydrogen (secondary N) is 2. The van der Waals surface area contributed by atoms with Gasteiger partial charge in [-0.25, -0.2) is 4.39 Å². The van der Waals surface area contributed by atoms with E-state index in [9.17, 15) is 9.18 Å². The molecule has 0 saturated carbocycles. The summed E-state index contributed by atoms with van der Waals surface area (Å²) >= 11 is 11.1. The molecule has 0 aliphatic carbocycles. The number of hydrogen-bond donors (Lipinski definition) is 2. The van der Waals surface area contributed by atoms with Crippen molar-refractivity contribution in [1.82, 2.24) is 5.32 Å². The van der Waals surface area contributed by atoms with Crippen LogP contribution in [0.4, 0.5) is 10.1 Å². The molecular formula is C17H14ClFN2OS. The molecule has 0 heterocycles. The summed E-state index contributed by atoms with van der Waals surface area (Å²) in [7, 11) is 0. The zero-order valence-electron chi connectivity index (χ0n) is 12.3. The summed E-state index contributed by atoms with van der Waals surface area (Å²) in [5, 5.41) is 6.18. The minimum absolute atomic E-state index is 0.165. The van der Waals surface area contributed by atoms with Crippen LogP contribution in [0.25, 0.3) is 6.08 Å². The molecule has 0 unspecified atom stereocenters. The summed E-state index contributed by atoms with van der Waals surface area (Å²) < 4.78 is 12.8. The van der Waals surface area contributed by atoms with E-state index in [2.05, 4.69) is 10.6 Å². The second kappa shape index (κ2) is 7.85. The van der Waals surface area contributed by atoms with E-state index in [1.165, 1.54) is 18.2 Å². The summed E-state index contributed by atoms with van der Waals surface area (Å²) in [4.78, 5) is 11.8. The van der Waals surface area contributed by atoms with Crippen molar-refractivity contribution in [2.24, 2.45) is 0 Å². The number of thiocarbonyl (C=S) groups is 1. The minimum Gasteiger partial charge on any atom is -0.332 e. The maximum atomic E-state index is 12.8. The van der Waals surface area contributed by atoms with Gasteiger partial charge in [0.1, 0.15) is 5.82 Å². The Balaban J connectivity index is 1.90. The molecule has 0 radical (unpaired) electrons. The van der Waals surface area contributed by atoms with Gasteiger partial charge in [-0.3, -0.25) is 10.1 Å². The van der Waals surface area contributed by atoms with Gasteiger partial charge in [-0.15, -0.1) is 0 Å². The summed E-state index contributed by atoms with van der Waals surface area (Å²) in [6.45, 7) is 1.90. The minimum atomic E-state index is -0.384. The Bertz CT molecular complexity index is 760. The second-order valence-electron chi connectivity index (χ2n) is 4.79. The first kappa shape index (κ1) is 17.1. The van der Waals surface area contributed by atoms with Crippen LogP contribution in [-0.4, -0.2) is 11.0 Å². The lowest BCUT2D eigenvalue weighted by molar-refractivity contribution is -0.115. The largest absolute Gasteiger partial charge is 0.332 e. The van der Waals surface area contributed by atoms with Gasteiger partial charge in [0.2, 0.25) is 5.91 Å². The Labute approximate surface area is 144 Å². The average Bonchev–Trinajstić information content (AvgIpc) is 2.50. The van der Waals surface area contributed by atoms with Crippen molar-refractivity contribution in [3.05, 3.63) is 70.5 Å². The van der Waals surface area contributed by atoms with Crippen molar-refractivity contribution in [2.45, 2.75) is 6.92 Å². The first-order chi connectivity index (χ1) is 10.9. The molecule has 0 aliphatic rings. The summed E-state index contributed by atoms with van der Waals surface area (Å²) in [5.74, 6) is -0.709. The van der Waals surface area contributed by atoms with Crippen molar-refractivity contribution in [3.63, 3.8) is 0 Å². The summed E-state index contributed by atoms with van der Waals surface area (Å²) in [5.41, 5.74) is 2.36. The first-order valence-corrected chi connectivity index (χ1v) is 7.54. The molecule has 6 heteroatoms. The molecule has 23 heavy (non-hydrogen) atoms. The fourth-order valence-corrected chi connectivity index (χ4v) is 2.13. The highest BCUT2D eigenvalue weighted by Gasteiger charge is 2.03. The SMILES string of the molecule is Cc1ccc(NC(=S)NC(=O)/C=C\c2ccc(F)cc2)cc1Cl. The molecule has 0 spiro atoms. The molecule has 2 rings (SSSR count). The van der Waals surface area contributed by atoms with E-state index in [0.29, 0.717) is 16.3 Å². The molecule has 2 aromatic rings. The molecular weight excluding hydrogens is 335 g/mol. The van der Waals surface area contributed by atoms with E-state index in [1.807, 2.05) is 19.1 Å². The van der Waals surface area contributed by atoms with Gasteiger partial charge >= 0.3 is 0 Å². The Morgan fingerprint density at radius 1 is 1.22 bits per heavy atom. The van der Waals surface area contributed by atoms with Gasteiger partial charge in [-0.1, -0.05) is 29.8 Å². The van der Waals surface area contributed by atoms with Crippen molar-refractivity contribution < 1.29 is 9.18 Å². The normalized spacial score (nSPS) is 10.6. The third kappa shape index (κ3) is 5.47. The van der Waals surface area contributed by atoms with E-state index in [0.717, 1.165) is 5.56 Å². The first-order valence-electron chi connectivity index (χ1n) is 6.76. The Hall–Kier alpha value is -2.24. The summed E-state index contributed by atoms with van der Waals surface area (Å²) in [6.07, 6.45) is 2.89. The Morgan fingerprint density at radius 2 is 1.91 bits per heavy atom. The number of anilines is 1. The Morgan fingerprint density at radius 3 is 2.57 bits per heavy atom. The number of benzene rings is 2. The predicted octanol–water partition coefficient (Wildman–Crippen LogP) is 4.31. The fraction of sp³-hybridized carbons (Fsp3) is 0.0588. The fourth-order valence-electron chi connectivity index (χ4n) is 1.73. The van der Waals surface area contributed by atoms with Crippen molar-refractivity contribution in [3.8, 4) is 0 Å². The molecule has 0 aromatic heterocycles. The van der Waals surface area contributed by atoms with Crippen molar-refractivity contribution >= 4 is 46.6 Å². The zero-order valence-corrected chi connectivity index (χ0v) is 13.8. The smallest absolute Gasteiger partial charge is 0.250 e. The second-order valence-corrected chi connectivity index (χ2v) is 5.61. The van der Waals surface area contributed by atoms with Crippen molar-refractivity contribution in [2.75, 3.05) is 5.32 Å².